The Bertz CT molecular complexity index is 854. The van der Waals surface area contributed by atoms with Crippen molar-refractivity contribution < 1.29 is 17.9 Å². The fourth-order valence-electron chi connectivity index (χ4n) is 2.09. The molecule has 0 fully saturated rings. The Morgan fingerprint density at radius 1 is 1.43 bits per heavy atom. The molecule has 9 heteroatoms. The van der Waals surface area contributed by atoms with Crippen LogP contribution in [0.5, 0.6) is 0 Å². The zero-order valence-corrected chi connectivity index (χ0v) is 13.3. The smallest absolute Gasteiger partial charge is 0.252 e. The van der Waals surface area contributed by atoms with Gasteiger partial charge in [0.25, 0.3) is 5.91 Å². The van der Waals surface area contributed by atoms with Crippen LogP contribution >= 0.6 is 11.6 Å². The monoisotopic (exact) mass is 357 g/mol. The highest BCUT2D eigenvalue weighted by molar-refractivity contribution is 7.78. The van der Waals surface area contributed by atoms with Crippen molar-refractivity contribution in [2.45, 2.75) is 12.3 Å². The zero-order valence-electron chi connectivity index (χ0n) is 11.8. The second-order valence-electron chi connectivity index (χ2n) is 4.80. The fraction of sp³-hybridized carbons (Fsp3) is 0.143. The lowest BCUT2D eigenvalue weighted by molar-refractivity contribution is 0.0997. The van der Waals surface area contributed by atoms with E-state index in [-0.39, 0.29) is 33.9 Å². The quantitative estimate of drug-likeness (QED) is 0.707. The van der Waals surface area contributed by atoms with E-state index in [1.165, 1.54) is 35.0 Å². The summed E-state index contributed by atoms with van der Waals surface area (Å²) in [6, 6.07) is 5.39. The number of primary amides is 1. The Labute approximate surface area is 138 Å². The van der Waals surface area contributed by atoms with Gasteiger partial charge in [-0.1, -0.05) is 23.7 Å². The molecule has 0 aliphatic heterocycles. The molecule has 1 atom stereocenters. The number of rotatable bonds is 5. The molecule has 122 valence electrons. The highest BCUT2D eigenvalue weighted by Gasteiger charge is 2.11. The largest absolute Gasteiger partial charge is 0.365 e. The summed E-state index contributed by atoms with van der Waals surface area (Å²) in [5, 5.41) is 8.20. The van der Waals surface area contributed by atoms with Crippen LogP contribution in [0.15, 0.2) is 30.5 Å². The van der Waals surface area contributed by atoms with E-state index in [0.717, 1.165) is 0 Å². The first-order chi connectivity index (χ1) is 10.8. The number of nitrogens with one attached hydrogen (secondary N) is 1. The Morgan fingerprint density at radius 2 is 2.13 bits per heavy atom. The summed E-state index contributed by atoms with van der Waals surface area (Å²) in [6.45, 7) is 0.130. The van der Waals surface area contributed by atoms with E-state index in [4.69, 9.17) is 27.3 Å². The highest BCUT2D eigenvalue weighted by Crippen LogP contribution is 2.14. The molecule has 0 aliphatic rings. The third kappa shape index (κ3) is 4.25. The molecule has 0 bridgehead atoms. The summed E-state index contributed by atoms with van der Waals surface area (Å²) in [5.74, 6) is -1.70. The van der Waals surface area contributed by atoms with Crippen molar-refractivity contribution in [3.05, 3.63) is 63.5 Å². The number of carbonyl (C=O) groups is 1. The van der Waals surface area contributed by atoms with Crippen molar-refractivity contribution in [3.8, 4) is 0 Å². The SMILES string of the molecule is N=c1c(C(N)=O)cc(Cl)cn1Cc1ccc(F)c(CS(=O)O)c1. The number of hydrogen-bond acceptors (Lipinski definition) is 3. The van der Waals surface area contributed by atoms with Crippen LogP contribution in [0.1, 0.15) is 21.5 Å². The van der Waals surface area contributed by atoms with Gasteiger partial charge >= 0.3 is 0 Å². The summed E-state index contributed by atoms with van der Waals surface area (Å²) in [6.07, 6.45) is 1.45. The van der Waals surface area contributed by atoms with E-state index < -0.39 is 22.8 Å². The van der Waals surface area contributed by atoms with Gasteiger partial charge in [-0.2, -0.15) is 0 Å². The standard InChI is InChI=1S/C14H13ClFN3O3S/c15-10-4-11(14(18)20)13(17)19(6-10)5-8-1-2-12(16)9(3-8)7-23(21)22/h1-4,6,17H,5,7H2,(H2,18,20)(H,21,22). The van der Waals surface area contributed by atoms with Gasteiger partial charge < -0.3 is 14.9 Å². The van der Waals surface area contributed by atoms with Crippen LogP contribution < -0.4 is 11.2 Å². The number of carbonyl (C=O) groups excluding carboxylic acids is 1. The van der Waals surface area contributed by atoms with E-state index >= 15 is 0 Å². The van der Waals surface area contributed by atoms with Gasteiger partial charge in [0.15, 0.2) is 11.1 Å². The topological polar surface area (TPSA) is 109 Å². The van der Waals surface area contributed by atoms with Crippen LogP contribution in [-0.2, 0) is 23.4 Å². The number of halogens is 2. The normalized spacial score (nSPS) is 12.1. The predicted molar refractivity (Wildman–Crippen MR) is 83.8 cm³/mol. The number of nitrogens with two attached hydrogens (primary N) is 1. The number of aromatic nitrogens is 1. The van der Waals surface area contributed by atoms with Crippen molar-refractivity contribution >= 4 is 28.6 Å². The second kappa shape index (κ2) is 7.03. The minimum absolute atomic E-state index is 0.0312. The molecule has 2 aromatic rings. The fourth-order valence-corrected chi connectivity index (χ4v) is 2.81. The summed E-state index contributed by atoms with van der Waals surface area (Å²) in [5.41, 5.74) is 5.72. The van der Waals surface area contributed by atoms with Crippen molar-refractivity contribution in [2.24, 2.45) is 5.73 Å². The Hall–Kier alpha value is -2.03. The first kappa shape index (κ1) is 17.3. The molecule has 2 rings (SSSR count). The summed E-state index contributed by atoms with van der Waals surface area (Å²) in [4.78, 5) is 11.3. The van der Waals surface area contributed by atoms with Gasteiger partial charge in [0.1, 0.15) is 11.3 Å². The van der Waals surface area contributed by atoms with Crippen LogP contribution in [-0.4, -0.2) is 19.2 Å². The molecule has 0 saturated heterocycles. The first-order valence-corrected chi connectivity index (χ1v) is 8.02. The van der Waals surface area contributed by atoms with Crippen molar-refractivity contribution in [1.82, 2.24) is 4.57 Å². The number of pyridine rings is 1. The predicted octanol–water partition coefficient (Wildman–Crippen LogP) is 1.63. The summed E-state index contributed by atoms with van der Waals surface area (Å²) < 4.78 is 34.7. The summed E-state index contributed by atoms with van der Waals surface area (Å²) in [7, 11) is 0. The van der Waals surface area contributed by atoms with Crippen LogP contribution in [0.4, 0.5) is 4.39 Å². The van der Waals surface area contributed by atoms with Crippen LogP contribution in [0.2, 0.25) is 5.02 Å². The molecule has 0 aliphatic carbocycles. The molecule has 1 unspecified atom stereocenters. The number of hydrogen-bond donors (Lipinski definition) is 3. The van der Waals surface area contributed by atoms with Crippen LogP contribution in [0, 0.1) is 11.2 Å². The van der Waals surface area contributed by atoms with Crippen molar-refractivity contribution in [2.75, 3.05) is 0 Å². The molecule has 23 heavy (non-hydrogen) atoms. The second-order valence-corrected chi connectivity index (χ2v) is 6.17. The first-order valence-electron chi connectivity index (χ1n) is 6.37. The van der Waals surface area contributed by atoms with Gasteiger partial charge in [0.05, 0.1) is 16.3 Å². The average Bonchev–Trinajstić information content (AvgIpc) is 2.45. The Balaban J connectivity index is 2.42. The zero-order chi connectivity index (χ0) is 17.1. The lowest BCUT2D eigenvalue weighted by Crippen LogP contribution is -2.29. The maximum atomic E-state index is 13.6. The van der Waals surface area contributed by atoms with Crippen LogP contribution in [0.3, 0.4) is 0 Å². The molecule has 0 radical (unpaired) electrons. The molecule has 1 aromatic heterocycles. The third-order valence-corrected chi connectivity index (χ3v) is 3.88. The van der Waals surface area contributed by atoms with E-state index in [1.807, 2.05) is 0 Å². The molecule has 0 saturated carbocycles. The Morgan fingerprint density at radius 3 is 2.74 bits per heavy atom. The molecular weight excluding hydrogens is 345 g/mol. The number of benzene rings is 1. The molecule has 1 amide bonds. The molecule has 1 aromatic carbocycles. The van der Waals surface area contributed by atoms with Gasteiger partial charge in [-0.15, -0.1) is 0 Å². The Kier molecular flexibility index (Phi) is 5.30. The van der Waals surface area contributed by atoms with Crippen molar-refractivity contribution in [3.63, 3.8) is 0 Å². The molecule has 0 spiro atoms. The summed E-state index contributed by atoms with van der Waals surface area (Å²) >= 11 is 3.75. The van der Waals surface area contributed by atoms with E-state index in [2.05, 4.69) is 0 Å². The number of nitrogens with zero attached hydrogens (tertiary/aromatic N) is 1. The minimum atomic E-state index is -2.17. The molecule has 4 N–H and O–H groups in total. The van der Waals surface area contributed by atoms with E-state index in [1.54, 1.807) is 0 Å². The maximum absolute atomic E-state index is 13.6. The highest BCUT2D eigenvalue weighted by atomic mass is 35.5. The van der Waals surface area contributed by atoms with Gasteiger partial charge in [0, 0.05) is 18.3 Å². The van der Waals surface area contributed by atoms with Gasteiger partial charge in [0.2, 0.25) is 0 Å². The van der Waals surface area contributed by atoms with Crippen molar-refractivity contribution in [1.29, 1.82) is 5.41 Å². The van der Waals surface area contributed by atoms with E-state index in [0.29, 0.717) is 5.56 Å². The lowest BCUT2D eigenvalue weighted by atomic mass is 10.1. The van der Waals surface area contributed by atoms with Gasteiger partial charge in [-0.25, -0.2) is 8.60 Å². The third-order valence-electron chi connectivity index (χ3n) is 3.11. The number of amides is 1. The lowest BCUT2D eigenvalue weighted by Gasteiger charge is -2.11. The molecule has 6 nitrogen and oxygen atoms in total. The van der Waals surface area contributed by atoms with Crippen LogP contribution in [0.25, 0.3) is 0 Å². The molecular formula is C14H13ClFN3O3S. The molecule has 1 heterocycles. The van der Waals surface area contributed by atoms with Gasteiger partial charge in [-0.05, 0) is 17.7 Å². The average molecular weight is 358 g/mol. The maximum Gasteiger partial charge on any atom is 0.252 e. The van der Waals surface area contributed by atoms with Gasteiger partial charge in [-0.3, -0.25) is 10.2 Å². The minimum Gasteiger partial charge on any atom is -0.365 e. The van der Waals surface area contributed by atoms with E-state index in [9.17, 15) is 13.4 Å².